The lowest BCUT2D eigenvalue weighted by molar-refractivity contribution is 0.0918. The van der Waals surface area contributed by atoms with Gasteiger partial charge in [0.1, 0.15) is 6.61 Å². The number of nitrogens with zero attached hydrogens (tertiary/aromatic N) is 3. The lowest BCUT2D eigenvalue weighted by Gasteiger charge is -2.36. The van der Waals surface area contributed by atoms with Crippen LogP contribution in [-0.2, 0) is 24.3 Å². The molecule has 0 radical (unpaired) electrons. The number of amides is 1. The molecule has 1 fully saturated rings. The van der Waals surface area contributed by atoms with E-state index in [1.165, 1.54) is 16.8 Å². The molecule has 2 aromatic rings. The molecule has 0 aliphatic carbocycles. The minimum atomic E-state index is -0.233. The van der Waals surface area contributed by atoms with Gasteiger partial charge < -0.3 is 14.5 Å². The van der Waals surface area contributed by atoms with E-state index < -0.39 is 0 Å². The van der Waals surface area contributed by atoms with Gasteiger partial charge in [0.2, 0.25) is 0 Å². The molecule has 1 amide bonds. The van der Waals surface area contributed by atoms with Crippen LogP contribution in [0.3, 0.4) is 0 Å². The molecule has 0 N–H and O–H groups in total. The Kier molecular flexibility index (Phi) is 6.15. The zero-order valence-corrected chi connectivity index (χ0v) is 16.9. The maximum absolute atomic E-state index is 12.5. The summed E-state index contributed by atoms with van der Waals surface area (Å²) in [6.45, 7) is 10.6. The molecular formula is C24H29N3O2. The van der Waals surface area contributed by atoms with Crippen LogP contribution in [0.2, 0.25) is 0 Å². The van der Waals surface area contributed by atoms with Crippen LogP contribution < -0.4 is 4.90 Å². The van der Waals surface area contributed by atoms with Crippen molar-refractivity contribution in [2.75, 3.05) is 44.2 Å². The van der Waals surface area contributed by atoms with Crippen molar-refractivity contribution in [3.05, 3.63) is 77.9 Å². The predicted molar refractivity (Wildman–Crippen MR) is 116 cm³/mol. The molecule has 2 aliphatic rings. The maximum Gasteiger partial charge on any atom is 0.410 e. The molecule has 4 rings (SSSR count). The Bertz CT molecular complexity index is 844. The summed E-state index contributed by atoms with van der Waals surface area (Å²) in [7, 11) is 0. The van der Waals surface area contributed by atoms with E-state index in [0.717, 1.165) is 44.7 Å². The summed E-state index contributed by atoms with van der Waals surface area (Å²) in [5.41, 5.74) is 4.84. The van der Waals surface area contributed by atoms with E-state index in [1.54, 1.807) is 0 Å². The van der Waals surface area contributed by atoms with Gasteiger partial charge in [-0.2, -0.15) is 0 Å². The maximum atomic E-state index is 12.5. The van der Waals surface area contributed by atoms with E-state index >= 15 is 0 Å². The van der Waals surface area contributed by atoms with Crippen LogP contribution in [0.15, 0.2) is 61.2 Å². The fraction of sp³-hybridized carbons (Fsp3) is 0.375. The van der Waals surface area contributed by atoms with Crippen molar-refractivity contribution in [1.82, 2.24) is 9.80 Å². The summed E-state index contributed by atoms with van der Waals surface area (Å²) >= 11 is 0. The van der Waals surface area contributed by atoms with Gasteiger partial charge in [0, 0.05) is 51.5 Å². The third-order valence-electron chi connectivity index (χ3n) is 5.79. The van der Waals surface area contributed by atoms with Crippen LogP contribution in [0.25, 0.3) is 0 Å². The van der Waals surface area contributed by atoms with Crippen molar-refractivity contribution < 1.29 is 9.53 Å². The average Bonchev–Trinajstić information content (AvgIpc) is 2.78. The molecule has 29 heavy (non-hydrogen) atoms. The number of hydrogen-bond acceptors (Lipinski definition) is 4. The lowest BCUT2D eigenvalue weighted by Crippen LogP contribution is -2.46. The van der Waals surface area contributed by atoms with Crippen molar-refractivity contribution in [2.24, 2.45) is 0 Å². The standard InChI is InChI=1S/C24H29N3O2/c1-2-11-25-13-15-26(16-14-25)23-9-8-21-10-12-27(18-22(21)17-23)24(28)29-19-20-6-4-3-5-7-20/h2-9,17H,1,10-16,18-19H2. The second kappa shape index (κ2) is 9.14. The molecule has 0 atom stereocenters. The van der Waals surface area contributed by atoms with Crippen LogP contribution in [0, 0.1) is 0 Å². The van der Waals surface area contributed by atoms with E-state index in [9.17, 15) is 4.79 Å². The van der Waals surface area contributed by atoms with E-state index in [0.29, 0.717) is 19.7 Å². The first kappa shape index (κ1) is 19.5. The Balaban J connectivity index is 1.36. The van der Waals surface area contributed by atoms with E-state index in [2.05, 4.69) is 34.6 Å². The summed E-state index contributed by atoms with van der Waals surface area (Å²) in [6.07, 6.45) is 2.62. The van der Waals surface area contributed by atoms with Gasteiger partial charge >= 0.3 is 6.09 Å². The van der Waals surface area contributed by atoms with Crippen LogP contribution >= 0.6 is 0 Å². The van der Waals surface area contributed by atoms with Gasteiger partial charge in [0.05, 0.1) is 0 Å². The van der Waals surface area contributed by atoms with E-state index in [1.807, 2.05) is 41.3 Å². The number of piperazine rings is 1. The predicted octanol–water partition coefficient (Wildman–Crippen LogP) is 3.69. The molecule has 1 saturated heterocycles. The smallest absolute Gasteiger partial charge is 0.410 e. The van der Waals surface area contributed by atoms with E-state index in [-0.39, 0.29) is 6.09 Å². The Morgan fingerprint density at radius 3 is 2.55 bits per heavy atom. The van der Waals surface area contributed by atoms with Gasteiger partial charge in [-0.3, -0.25) is 4.90 Å². The van der Waals surface area contributed by atoms with Crippen molar-refractivity contribution in [3.63, 3.8) is 0 Å². The molecule has 2 aromatic carbocycles. The molecule has 0 spiro atoms. The summed E-state index contributed by atoms with van der Waals surface area (Å²) in [5, 5.41) is 0. The number of carbonyl (C=O) groups excluding carboxylic acids is 1. The quantitative estimate of drug-likeness (QED) is 0.729. The molecule has 2 heterocycles. The number of anilines is 1. The zero-order chi connectivity index (χ0) is 20.1. The zero-order valence-electron chi connectivity index (χ0n) is 16.9. The monoisotopic (exact) mass is 391 g/mol. The summed E-state index contributed by atoms with van der Waals surface area (Å²) in [6, 6.07) is 16.5. The van der Waals surface area contributed by atoms with Gasteiger partial charge in [-0.1, -0.05) is 42.5 Å². The number of hydrogen-bond donors (Lipinski definition) is 0. The number of fused-ring (bicyclic) bond motifs is 1. The highest BCUT2D eigenvalue weighted by Crippen LogP contribution is 2.26. The van der Waals surface area contributed by atoms with Crippen molar-refractivity contribution in [2.45, 2.75) is 19.6 Å². The third-order valence-corrected chi connectivity index (χ3v) is 5.79. The number of ether oxygens (including phenoxy) is 1. The molecule has 0 bridgehead atoms. The minimum Gasteiger partial charge on any atom is -0.445 e. The van der Waals surface area contributed by atoms with Crippen molar-refractivity contribution in [3.8, 4) is 0 Å². The van der Waals surface area contributed by atoms with Gasteiger partial charge in [-0.15, -0.1) is 6.58 Å². The SMILES string of the molecule is C=CCN1CCN(c2ccc3c(c2)CN(C(=O)OCc2ccccc2)CC3)CC1. The van der Waals surface area contributed by atoms with Gasteiger partial charge in [-0.05, 0) is 35.2 Å². The first-order chi connectivity index (χ1) is 14.2. The molecule has 0 aromatic heterocycles. The van der Waals surface area contributed by atoms with Crippen molar-refractivity contribution >= 4 is 11.8 Å². The first-order valence-corrected chi connectivity index (χ1v) is 10.4. The number of carbonyl (C=O) groups is 1. The molecule has 152 valence electrons. The normalized spacial score (nSPS) is 17.0. The number of benzene rings is 2. The highest BCUT2D eigenvalue weighted by Gasteiger charge is 2.23. The summed E-state index contributed by atoms with van der Waals surface area (Å²) in [4.78, 5) is 19.2. The largest absolute Gasteiger partial charge is 0.445 e. The molecule has 0 saturated carbocycles. The van der Waals surface area contributed by atoms with Crippen LogP contribution in [-0.4, -0.2) is 55.2 Å². The molecular weight excluding hydrogens is 362 g/mol. The highest BCUT2D eigenvalue weighted by atomic mass is 16.6. The highest BCUT2D eigenvalue weighted by molar-refractivity contribution is 5.68. The molecule has 0 unspecified atom stereocenters. The number of rotatable bonds is 5. The van der Waals surface area contributed by atoms with Crippen LogP contribution in [0.5, 0.6) is 0 Å². The second-order valence-electron chi connectivity index (χ2n) is 7.74. The Hall–Kier alpha value is -2.79. The fourth-order valence-electron chi connectivity index (χ4n) is 4.08. The minimum absolute atomic E-state index is 0.233. The van der Waals surface area contributed by atoms with Crippen LogP contribution in [0.1, 0.15) is 16.7 Å². The Labute approximate surface area is 173 Å². The topological polar surface area (TPSA) is 36.0 Å². The van der Waals surface area contributed by atoms with Gasteiger partial charge in [-0.25, -0.2) is 4.79 Å². The molecule has 5 heteroatoms. The fourth-order valence-corrected chi connectivity index (χ4v) is 4.08. The Morgan fingerprint density at radius 2 is 1.79 bits per heavy atom. The first-order valence-electron chi connectivity index (χ1n) is 10.4. The summed E-state index contributed by atoms with van der Waals surface area (Å²) < 4.78 is 5.53. The van der Waals surface area contributed by atoms with Gasteiger partial charge in [0.25, 0.3) is 0 Å². The van der Waals surface area contributed by atoms with Gasteiger partial charge in [0.15, 0.2) is 0 Å². The molecule has 2 aliphatic heterocycles. The summed E-state index contributed by atoms with van der Waals surface area (Å²) in [5.74, 6) is 0. The molecule has 5 nitrogen and oxygen atoms in total. The van der Waals surface area contributed by atoms with Crippen LogP contribution in [0.4, 0.5) is 10.5 Å². The van der Waals surface area contributed by atoms with Crippen molar-refractivity contribution in [1.29, 1.82) is 0 Å². The lowest BCUT2D eigenvalue weighted by atomic mass is 9.99. The Morgan fingerprint density at radius 1 is 1.00 bits per heavy atom. The van der Waals surface area contributed by atoms with E-state index in [4.69, 9.17) is 4.74 Å². The third kappa shape index (κ3) is 4.80. The average molecular weight is 392 g/mol. The second-order valence-corrected chi connectivity index (χ2v) is 7.74.